The molecule has 0 radical (unpaired) electrons. The Bertz CT molecular complexity index is 202. The van der Waals surface area contributed by atoms with Crippen LogP contribution in [0.25, 0.3) is 12.2 Å². The van der Waals surface area contributed by atoms with Crippen molar-refractivity contribution in [2.75, 3.05) is 0 Å². The van der Waals surface area contributed by atoms with Crippen LogP contribution in [-0.4, -0.2) is 0 Å². The second-order valence-corrected chi connectivity index (χ2v) is 2.07. The van der Waals surface area contributed by atoms with E-state index in [1.807, 2.05) is 36.4 Å². The van der Waals surface area contributed by atoms with Crippen molar-refractivity contribution in [3.05, 3.63) is 48.6 Å². The zero-order chi connectivity index (χ0) is 7.40. The molecular weight excluding hydrogens is 132 g/mol. The van der Waals surface area contributed by atoms with E-state index in [1.54, 1.807) is 0 Å². The van der Waals surface area contributed by atoms with Crippen molar-refractivity contribution < 1.29 is 0 Å². The molecule has 0 aliphatic carbocycles. The first-order valence-electron chi connectivity index (χ1n) is 3.22. The molecule has 58 valence electrons. The Balaban J connectivity index is 0.000001000. The molecule has 0 fully saturated rings. The third-order valence-electron chi connectivity index (χ3n) is 1.41. The van der Waals surface area contributed by atoms with Crippen molar-refractivity contribution >= 4 is 12.2 Å². The zero-order valence-electron chi connectivity index (χ0n) is 5.88. The molecule has 1 aromatic carbocycles. The fourth-order valence-electron chi connectivity index (χ4n) is 0.768. The lowest BCUT2D eigenvalue weighted by Gasteiger charge is -1.92. The highest BCUT2D eigenvalue weighted by atomic mass is 13.9. The monoisotopic (exact) mass is 146 g/mol. The van der Waals surface area contributed by atoms with Crippen LogP contribution in [0.4, 0.5) is 0 Å². The van der Waals surface area contributed by atoms with E-state index >= 15 is 0 Å². The fraction of sp³-hybridized carbons (Fsp3) is 0.0909. The standard InChI is InChI=1S/C10H10.CH4/c1-3-9-5-7-10(4-2)8-6-9;/h3-8H,1-2H2;1H4. The maximum Gasteiger partial charge on any atom is -0.0262 e. The summed E-state index contributed by atoms with van der Waals surface area (Å²) >= 11 is 0. The zero-order valence-corrected chi connectivity index (χ0v) is 5.88. The molecule has 0 aliphatic heterocycles. The highest BCUT2D eigenvalue weighted by Crippen LogP contribution is 2.05. The third-order valence-corrected chi connectivity index (χ3v) is 1.41. The lowest BCUT2D eigenvalue weighted by Crippen LogP contribution is -1.71. The van der Waals surface area contributed by atoms with E-state index in [4.69, 9.17) is 0 Å². The van der Waals surface area contributed by atoms with Gasteiger partial charge in [0.15, 0.2) is 0 Å². The number of hydrogen-bond acceptors (Lipinski definition) is 0. The Morgan fingerprint density at radius 2 is 1.09 bits per heavy atom. The summed E-state index contributed by atoms with van der Waals surface area (Å²) < 4.78 is 0. The van der Waals surface area contributed by atoms with E-state index in [1.165, 1.54) is 0 Å². The molecule has 1 aromatic rings. The average molecular weight is 146 g/mol. The molecule has 0 N–H and O–H groups in total. The van der Waals surface area contributed by atoms with Gasteiger partial charge in [0.25, 0.3) is 0 Å². The van der Waals surface area contributed by atoms with Crippen molar-refractivity contribution in [1.82, 2.24) is 0 Å². The van der Waals surface area contributed by atoms with Crippen LogP contribution in [0, 0.1) is 0 Å². The molecule has 0 saturated heterocycles. The predicted octanol–water partition coefficient (Wildman–Crippen LogP) is 3.61. The molecule has 0 saturated carbocycles. The Morgan fingerprint density at radius 1 is 0.818 bits per heavy atom. The van der Waals surface area contributed by atoms with E-state index < -0.39 is 0 Å². The van der Waals surface area contributed by atoms with Crippen LogP contribution < -0.4 is 0 Å². The van der Waals surface area contributed by atoms with Crippen LogP contribution in [0.3, 0.4) is 0 Å². The molecule has 0 aliphatic rings. The first kappa shape index (κ1) is 9.70. The summed E-state index contributed by atoms with van der Waals surface area (Å²) in [6.45, 7) is 7.32. The molecule has 11 heavy (non-hydrogen) atoms. The second kappa shape index (κ2) is 4.51. The van der Waals surface area contributed by atoms with Crippen molar-refractivity contribution in [2.45, 2.75) is 7.43 Å². The van der Waals surface area contributed by atoms with Gasteiger partial charge in [0.05, 0.1) is 0 Å². The van der Waals surface area contributed by atoms with Gasteiger partial charge >= 0.3 is 0 Å². The summed E-state index contributed by atoms with van der Waals surface area (Å²) in [6, 6.07) is 8.07. The van der Waals surface area contributed by atoms with E-state index in [0.29, 0.717) is 0 Å². The summed E-state index contributed by atoms with van der Waals surface area (Å²) in [5.41, 5.74) is 2.29. The Labute approximate surface area is 68.9 Å². The van der Waals surface area contributed by atoms with Crippen LogP contribution in [-0.2, 0) is 0 Å². The second-order valence-electron chi connectivity index (χ2n) is 2.07. The van der Waals surface area contributed by atoms with Crippen LogP contribution in [0.15, 0.2) is 37.4 Å². The highest BCUT2D eigenvalue weighted by molar-refractivity contribution is 5.53. The summed E-state index contributed by atoms with van der Waals surface area (Å²) in [6.07, 6.45) is 3.65. The van der Waals surface area contributed by atoms with Gasteiger partial charge in [-0.05, 0) is 11.1 Å². The molecule has 0 amide bonds. The van der Waals surface area contributed by atoms with Crippen LogP contribution in [0.5, 0.6) is 0 Å². The van der Waals surface area contributed by atoms with Gasteiger partial charge < -0.3 is 0 Å². The van der Waals surface area contributed by atoms with Gasteiger partial charge in [-0.15, -0.1) is 0 Å². The van der Waals surface area contributed by atoms with Crippen molar-refractivity contribution in [3.63, 3.8) is 0 Å². The maximum absolute atomic E-state index is 3.66. The first-order valence-corrected chi connectivity index (χ1v) is 3.22. The van der Waals surface area contributed by atoms with Gasteiger partial charge in [-0.3, -0.25) is 0 Å². The molecule has 0 atom stereocenters. The highest BCUT2D eigenvalue weighted by Gasteiger charge is 1.84. The summed E-state index contributed by atoms with van der Waals surface area (Å²) in [4.78, 5) is 0. The van der Waals surface area contributed by atoms with Crippen molar-refractivity contribution in [2.24, 2.45) is 0 Å². The molecule has 0 spiro atoms. The Hall–Kier alpha value is -1.30. The fourth-order valence-corrected chi connectivity index (χ4v) is 0.768. The molecule has 0 heteroatoms. The van der Waals surface area contributed by atoms with Crippen LogP contribution >= 0.6 is 0 Å². The van der Waals surface area contributed by atoms with E-state index in [-0.39, 0.29) is 7.43 Å². The number of rotatable bonds is 2. The largest absolute Gasteiger partial charge is 0.0985 e. The quantitative estimate of drug-likeness (QED) is 0.598. The Kier molecular flexibility index (Phi) is 3.97. The predicted molar refractivity (Wildman–Crippen MR) is 53.4 cm³/mol. The SMILES string of the molecule is C.C=Cc1ccc(C=C)cc1. The smallest absolute Gasteiger partial charge is 0.0262 e. The third kappa shape index (κ3) is 2.42. The van der Waals surface area contributed by atoms with Crippen LogP contribution in [0.1, 0.15) is 18.6 Å². The number of benzene rings is 1. The minimum atomic E-state index is 0. The van der Waals surface area contributed by atoms with E-state index in [9.17, 15) is 0 Å². The Morgan fingerprint density at radius 3 is 1.27 bits per heavy atom. The minimum absolute atomic E-state index is 0. The molecule has 0 nitrogen and oxygen atoms in total. The summed E-state index contributed by atoms with van der Waals surface area (Å²) in [5.74, 6) is 0. The van der Waals surface area contributed by atoms with Gasteiger partial charge in [-0.1, -0.05) is 57.0 Å². The molecule has 0 bridgehead atoms. The van der Waals surface area contributed by atoms with E-state index in [0.717, 1.165) is 11.1 Å². The van der Waals surface area contributed by atoms with Crippen molar-refractivity contribution in [1.29, 1.82) is 0 Å². The van der Waals surface area contributed by atoms with Gasteiger partial charge in [-0.2, -0.15) is 0 Å². The van der Waals surface area contributed by atoms with Crippen LogP contribution in [0.2, 0.25) is 0 Å². The maximum atomic E-state index is 3.66. The van der Waals surface area contributed by atoms with E-state index in [2.05, 4.69) is 13.2 Å². The van der Waals surface area contributed by atoms with Crippen molar-refractivity contribution in [3.8, 4) is 0 Å². The normalized spacial score (nSPS) is 8.00. The molecule has 0 unspecified atom stereocenters. The molecule has 0 heterocycles. The lowest BCUT2D eigenvalue weighted by atomic mass is 10.1. The topological polar surface area (TPSA) is 0 Å². The summed E-state index contributed by atoms with van der Waals surface area (Å²) in [5, 5.41) is 0. The van der Waals surface area contributed by atoms with Gasteiger partial charge in [0.2, 0.25) is 0 Å². The van der Waals surface area contributed by atoms with Gasteiger partial charge in [-0.25, -0.2) is 0 Å². The first-order chi connectivity index (χ1) is 4.86. The van der Waals surface area contributed by atoms with Gasteiger partial charge in [0, 0.05) is 0 Å². The number of hydrogen-bond donors (Lipinski definition) is 0. The average Bonchev–Trinajstić information content (AvgIpc) is 2.05. The van der Waals surface area contributed by atoms with Gasteiger partial charge in [0.1, 0.15) is 0 Å². The molecular formula is C11H14. The molecule has 0 aromatic heterocycles. The minimum Gasteiger partial charge on any atom is -0.0985 e. The lowest BCUT2D eigenvalue weighted by molar-refractivity contribution is 1.63. The summed E-state index contributed by atoms with van der Waals surface area (Å²) in [7, 11) is 0. The molecule has 1 rings (SSSR count).